The van der Waals surface area contributed by atoms with E-state index < -0.39 is 32.2 Å². The van der Waals surface area contributed by atoms with Gasteiger partial charge in [0.25, 0.3) is 10.0 Å². The van der Waals surface area contributed by atoms with Crippen LogP contribution in [0.5, 0.6) is 5.75 Å². The van der Waals surface area contributed by atoms with Gasteiger partial charge in [-0.15, -0.1) is 0 Å². The van der Waals surface area contributed by atoms with Crippen LogP contribution in [-0.2, 0) is 10.0 Å². The number of phenols is 1. The van der Waals surface area contributed by atoms with Crippen LogP contribution in [0, 0.1) is 11.6 Å². The third-order valence-corrected chi connectivity index (χ3v) is 4.68. The molecule has 0 atom stereocenters. The maximum atomic E-state index is 13.7. The number of nitrogens with two attached hydrogens (primary N) is 1. The first-order valence-corrected chi connectivity index (χ1v) is 7.20. The fraction of sp³-hybridized carbons (Fsp3) is 0.0769. The van der Waals surface area contributed by atoms with E-state index in [9.17, 15) is 22.3 Å². The SMILES string of the molecule is CN(c1cccc(O)c1)S(=O)(=O)c1cc(N)c(F)cc1F. The number of anilines is 2. The fourth-order valence-corrected chi connectivity index (χ4v) is 2.99. The van der Waals surface area contributed by atoms with Crippen LogP contribution in [0.3, 0.4) is 0 Å². The summed E-state index contributed by atoms with van der Waals surface area (Å²) >= 11 is 0. The molecule has 0 unspecified atom stereocenters. The van der Waals surface area contributed by atoms with Crippen LogP contribution in [0.25, 0.3) is 0 Å². The predicted octanol–water partition coefficient (Wildman–Crippen LogP) is 2.08. The smallest absolute Gasteiger partial charge is 0.267 e. The summed E-state index contributed by atoms with van der Waals surface area (Å²) in [7, 11) is -3.09. The monoisotopic (exact) mass is 314 g/mol. The van der Waals surface area contributed by atoms with E-state index in [1.165, 1.54) is 31.3 Å². The van der Waals surface area contributed by atoms with Crippen molar-refractivity contribution in [2.45, 2.75) is 4.90 Å². The number of nitrogens with zero attached hydrogens (tertiary/aromatic N) is 1. The normalized spacial score (nSPS) is 11.4. The number of halogens is 2. The molecule has 112 valence electrons. The highest BCUT2D eigenvalue weighted by molar-refractivity contribution is 7.92. The molecule has 0 heterocycles. The van der Waals surface area contributed by atoms with Crippen molar-refractivity contribution >= 4 is 21.4 Å². The Morgan fingerprint density at radius 2 is 1.81 bits per heavy atom. The van der Waals surface area contributed by atoms with Crippen molar-refractivity contribution in [1.82, 2.24) is 0 Å². The van der Waals surface area contributed by atoms with Crippen LogP contribution in [0.2, 0.25) is 0 Å². The van der Waals surface area contributed by atoms with E-state index in [1.807, 2.05) is 0 Å². The second kappa shape index (κ2) is 5.21. The lowest BCUT2D eigenvalue weighted by Crippen LogP contribution is -2.27. The van der Waals surface area contributed by atoms with Gasteiger partial charge in [0.15, 0.2) is 0 Å². The third-order valence-electron chi connectivity index (χ3n) is 2.88. The molecule has 0 spiro atoms. The summed E-state index contributed by atoms with van der Waals surface area (Å²) in [5.74, 6) is -2.42. The molecule has 0 aliphatic heterocycles. The molecule has 0 aromatic heterocycles. The van der Waals surface area contributed by atoms with E-state index in [2.05, 4.69) is 0 Å². The van der Waals surface area contributed by atoms with Crippen molar-refractivity contribution in [2.75, 3.05) is 17.1 Å². The number of aromatic hydroxyl groups is 1. The first-order chi connectivity index (χ1) is 9.73. The molecule has 0 aliphatic carbocycles. The number of hydrogen-bond donors (Lipinski definition) is 2. The van der Waals surface area contributed by atoms with E-state index in [0.717, 1.165) is 10.4 Å². The molecule has 0 amide bonds. The van der Waals surface area contributed by atoms with Crippen molar-refractivity contribution in [1.29, 1.82) is 0 Å². The summed E-state index contributed by atoms with van der Waals surface area (Å²) in [5, 5.41) is 9.37. The molecule has 5 nitrogen and oxygen atoms in total. The van der Waals surface area contributed by atoms with Gasteiger partial charge in [0.2, 0.25) is 0 Å². The van der Waals surface area contributed by atoms with Gasteiger partial charge in [0, 0.05) is 19.2 Å². The Morgan fingerprint density at radius 1 is 1.14 bits per heavy atom. The van der Waals surface area contributed by atoms with Crippen LogP contribution in [0.4, 0.5) is 20.2 Å². The second-order valence-electron chi connectivity index (χ2n) is 4.30. The van der Waals surface area contributed by atoms with Gasteiger partial charge in [-0.1, -0.05) is 6.07 Å². The minimum absolute atomic E-state index is 0.122. The van der Waals surface area contributed by atoms with Crippen LogP contribution < -0.4 is 10.0 Å². The Balaban J connectivity index is 2.54. The Labute approximate surface area is 120 Å². The first kappa shape index (κ1) is 15.0. The molecule has 2 rings (SSSR count). The largest absolute Gasteiger partial charge is 0.508 e. The third kappa shape index (κ3) is 2.75. The molecule has 2 aromatic carbocycles. The molecule has 0 radical (unpaired) electrons. The van der Waals surface area contributed by atoms with Gasteiger partial charge in [-0.25, -0.2) is 17.2 Å². The Morgan fingerprint density at radius 3 is 2.43 bits per heavy atom. The van der Waals surface area contributed by atoms with Crippen LogP contribution in [-0.4, -0.2) is 20.6 Å². The zero-order valence-corrected chi connectivity index (χ0v) is 11.7. The van der Waals surface area contributed by atoms with Gasteiger partial charge in [-0.05, 0) is 18.2 Å². The zero-order chi connectivity index (χ0) is 15.8. The van der Waals surface area contributed by atoms with Gasteiger partial charge >= 0.3 is 0 Å². The predicted molar refractivity (Wildman–Crippen MR) is 74.5 cm³/mol. The van der Waals surface area contributed by atoms with Crippen molar-refractivity contribution < 1.29 is 22.3 Å². The summed E-state index contributed by atoms with van der Waals surface area (Å²) in [6, 6.07) is 6.55. The topological polar surface area (TPSA) is 83.6 Å². The highest BCUT2D eigenvalue weighted by Crippen LogP contribution is 2.28. The lowest BCUT2D eigenvalue weighted by atomic mass is 10.3. The summed E-state index contributed by atoms with van der Waals surface area (Å²) in [4.78, 5) is -0.743. The average Bonchev–Trinajstić information content (AvgIpc) is 2.41. The Bertz CT molecular complexity index is 794. The maximum absolute atomic E-state index is 13.7. The van der Waals surface area contributed by atoms with E-state index in [4.69, 9.17) is 5.73 Å². The lowest BCUT2D eigenvalue weighted by Gasteiger charge is -2.20. The van der Waals surface area contributed by atoms with E-state index in [-0.39, 0.29) is 11.4 Å². The Kier molecular flexibility index (Phi) is 3.73. The number of benzene rings is 2. The molecule has 0 saturated carbocycles. The summed E-state index contributed by atoms with van der Waals surface area (Å²) in [6.45, 7) is 0. The second-order valence-corrected chi connectivity index (χ2v) is 6.23. The average molecular weight is 314 g/mol. The maximum Gasteiger partial charge on any atom is 0.267 e. The summed E-state index contributed by atoms with van der Waals surface area (Å²) in [6.07, 6.45) is 0. The first-order valence-electron chi connectivity index (χ1n) is 5.76. The number of rotatable bonds is 3. The van der Waals surface area contributed by atoms with E-state index in [1.54, 1.807) is 0 Å². The highest BCUT2D eigenvalue weighted by Gasteiger charge is 2.26. The van der Waals surface area contributed by atoms with E-state index >= 15 is 0 Å². The van der Waals surface area contributed by atoms with Gasteiger partial charge in [0.1, 0.15) is 22.3 Å². The fourth-order valence-electron chi connectivity index (χ4n) is 1.72. The molecule has 0 bridgehead atoms. The number of hydrogen-bond acceptors (Lipinski definition) is 4. The van der Waals surface area contributed by atoms with Crippen LogP contribution in [0.1, 0.15) is 0 Å². The van der Waals surface area contributed by atoms with Gasteiger partial charge in [0.05, 0.1) is 11.4 Å². The minimum atomic E-state index is -4.28. The lowest BCUT2D eigenvalue weighted by molar-refractivity contribution is 0.475. The van der Waals surface area contributed by atoms with Crippen molar-refractivity contribution in [2.24, 2.45) is 0 Å². The van der Waals surface area contributed by atoms with Crippen molar-refractivity contribution in [3.8, 4) is 5.75 Å². The van der Waals surface area contributed by atoms with Crippen molar-refractivity contribution in [3.63, 3.8) is 0 Å². The van der Waals surface area contributed by atoms with Crippen LogP contribution in [0.15, 0.2) is 41.3 Å². The van der Waals surface area contributed by atoms with E-state index in [0.29, 0.717) is 6.07 Å². The highest BCUT2D eigenvalue weighted by atomic mass is 32.2. The molecular formula is C13H12F2N2O3S. The minimum Gasteiger partial charge on any atom is -0.508 e. The van der Waals surface area contributed by atoms with Crippen molar-refractivity contribution in [3.05, 3.63) is 48.0 Å². The number of nitrogen functional groups attached to an aromatic ring is 1. The molecule has 21 heavy (non-hydrogen) atoms. The Hall–Kier alpha value is -2.35. The molecule has 8 heteroatoms. The van der Waals surface area contributed by atoms with Crippen LogP contribution >= 0.6 is 0 Å². The molecule has 0 saturated heterocycles. The van der Waals surface area contributed by atoms with Gasteiger partial charge < -0.3 is 10.8 Å². The summed E-state index contributed by atoms with van der Waals surface area (Å²) in [5.41, 5.74) is 4.93. The molecule has 0 aliphatic rings. The molecule has 2 aromatic rings. The zero-order valence-electron chi connectivity index (χ0n) is 10.9. The standard InChI is InChI=1S/C13H12F2N2O3S/c1-17(8-3-2-4-9(18)5-8)21(19,20)13-7-12(16)10(14)6-11(13)15/h2-7,18H,16H2,1H3. The molecular weight excluding hydrogens is 302 g/mol. The van der Waals surface area contributed by atoms with Gasteiger partial charge in [-0.2, -0.15) is 0 Å². The molecule has 0 fully saturated rings. The molecule has 3 N–H and O–H groups in total. The number of phenolic OH excluding ortho intramolecular Hbond substituents is 1. The quantitative estimate of drug-likeness (QED) is 0.850. The summed E-state index contributed by atoms with van der Waals surface area (Å²) < 4.78 is 52.3. The number of sulfonamides is 1. The van der Waals surface area contributed by atoms with Gasteiger partial charge in [-0.3, -0.25) is 4.31 Å².